The van der Waals surface area contributed by atoms with Crippen molar-refractivity contribution in [2.75, 3.05) is 56.3 Å². The van der Waals surface area contributed by atoms with Gasteiger partial charge in [-0.1, -0.05) is 0 Å². The molecule has 5 nitrogen and oxygen atoms in total. The van der Waals surface area contributed by atoms with E-state index in [2.05, 4.69) is 33.4 Å². The van der Waals surface area contributed by atoms with Crippen molar-refractivity contribution >= 4 is 29.4 Å². The standard InChI is InChI=1S/C17H25N3O2S2/c1-22-16-4-3-14(11-18-16)17(21)20-6-2-5-19(7-8-20)15-12-23-9-10-24-13-15/h3-4,11,15H,2,5-10,12-13H2,1H3. The van der Waals surface area contributed by atoms with Gasteiger partial charge in [0, 0.05) is 67.5 Å². The second-order valence-corrected chi connectivity index (χ2v) is 8.37. The molecule has 2 fully saturated rings. The molecule has 0 unspecified atom stereocenters. The number of carbonyl (C=O) groups is 1. The van der Waals surface area contributed by atoms with Crippen molar-refractivity contribution < 1.29 is 9.53 Å². The van der Waals surface area contributed by atoms with Gasteiger partial charge >= 0.3 is 0 Å². The fourth-order valence-electron chi connectivity index (χ4n) is 3.13. The topological polar surface area (TPSA) is 45.7 Å². The van der Waals surface area contributed by atoms with Crippen LogP contribution in [-0.4, -0.2) is 83.0 Å². The molecule has 3 rings (SSSR count). The SMILES string of the molecule is COc1ccc(C(=O)N2CCCN(C3CSCCSC3)CC2)cn1. The van der Waals surface area contributed by atoms with Gasteiger partial charge < -0.3 is 9.64 Å². The van der Waals surface area contributed by atoms with E-state index in [9.17, 15) is 4.79 Å². The van der Waals surface area contributed by atoms with Crippen LogP contribution in [-0.2, 0) is 0 Å². The minimum atomic E-state index is 0.0802. The number of aromatic nitrogens is 1. The van der Waals surface area contributed by atoms with Crippen LogP contribution in [0.2, 0.25) is 0 Å². The average Bonchev–Trinajstić information content (AvgIpc) is 3.04. The zero-order valence-electron chi connectivity index (χ0n) is 14.1. The van der Waals surface area contributed by atoms with Crippen molar-refractivity contribution in [3.63, 3.8) is 0 Å². The van der Waals surface area contributed by atoms with Gasteiger partial charge in [0.05, 0.1) is 12.7 Å². The molecule has 3 heterocycles. The van der Waals surface area contributed by atoms with Crippen LogP contribution in [0.25, 0.3) is 0 Å². The summed E-state index contributed by atoms with van der Waals surface area (Å²) in [7, 11) is 1.58. The molecule has 0 spiro atoms. The summed E-state index contributed by atoms with van der Waals surface area (Å²) in [6.45, 7) is 3.70. The van der Waals surface area contributed by atoms with E-state index >= 15 is 0 Å². The Hall–Kier alpha value is -0.920. The van der Waals surface area contributed by atoms with E-state index in [0.29, 0.717) is 17.5 Å². The highest BCUT2D eigenvalue weighted by Gasteiger charge is 2.25. The van der Waals surface area contributed by atoms with Gasteiger partial charge in [0.2, 0.25) is 5.88 Å². The van der Waals surface area contributed by atoms with Crippen LogP contribution in [0.5, 0.6) is 5.88 Å². The third-order valence-electron chi connectivity index (χ3n) is 4.52. The number of ether oxygens (including phenoxy) is 1. The maximum atomic E-state index is 12.7. The highest BCUT2D eigenvalue weighted by Crippen LogP contribution is 2.22. The minimum Gasteiger partial charge on any atom is -0.481 e. The van der Waals surface area contributed by atoms with Gasteiger partial charge in [-0.05, 0) is 12.5 Å². The second kappa shape index (κ2) is 8.97. The predicted octanol–water partition coefficient (Wildman–Crippen LogP) is 2.09. The summed E-state index contributed by atoms with van der Waals surface area (Å²) in [6.07, 6.45) is 2.66. The van der Waals surface area contributed by atoms with E-state index in [1.54, 1.807) is 25.4 Å². The van der Waals surface area contributed by atoms with Crippen LogP contribution < -0.4 is 4.74 Å². The number of carbonyl (C=O) groups excluding carboxylic acids is 1. The Morgan fingerprint density at radius 3 is 2.62 bits per heavy atom. The molecule has 24 heavy (non-hydrogen) atoms. The highest BCUT2D eigenvalue weighted by molar-refractivity contribution is 8.03. The maximum absolute atomic E-state index is 12.7. The third kappa shape index (κ3) is 4.58. The first-order valence-electron chi connectivity index (χ1n) is 8.47. The molecule has 132 valence electrons. The third-order valence-corrected chi connectivity index (χ3v) is 7.00. The largest absolute Gasteiger partial charge is 0.481 e. The van der Waals surface area contributed by atoms with Gasteiger partial charge in [-0.2, -0.15) is 23.5 Å². The summed E-state index contributed by atoms with van der Waals surface area (Å²) >= 11 is 4.14. The first-order chi connectivity index (χ1) is 11.8. The number of rotatable bonds is 3. The normalized spacial score (nSPS) is 21.1. The first-order valence-corrected chi connectivity index (χ1v) is 10.8. The lowest BCUT2D eigenvalue weighted by atomic mass is 10.2. The molecule has 0 aliphatic carbocycles. The Labute approximate surface area is 152 Å². The molecule has 0 saturated carbocycles. The van der Waals surface area contributed by atoms with Crippen LogP contribution >= 0.6 is 23.5 Å². The van der Waals surface area contributed by atoms with Crippen molar-refractivity contribution in [1.82, 2.24) is 14.8 Å². The van der Waals surface area contributed by atoms with E-state index in [-0.39, 0.29) is 5.91 Å². The summed E-state index contributed by atoms with van der Waals surface area (Å²) < 4.78 is 5.06. The maximum Gasteiger partial charge on any atom is 0.255 e. The molecule has 0 radical (unpaired) electrons. The molecule has 2 aliphatic rings. The highest BCUT2D eigenvalue weighted by atomic mass is 32.2. The van der Waals surface area contributed by atoms with Gasteiger partial charge in [-0.3, -0.25) is 9.69 Å². The fraction of sp³-hybridized carbons (Fsp3) is 0.647. The molecule has 1 aromatic rings. The molecule has 7 heteroatoms. The molecule has 0 N–H and O–H groups in total. The number of nitrogens with zero attached hydrogens (tertiary/aromatic N) is 3. The van der Waals surface area contributed by atoms with E-state index in [0.717, 1.165) is 32.6 Å². The lowest BCUT2D eigenvalue weighted by Crippen LogP contribution is -2.42. The Balaban J connectivity index is 1.58. The van der Waals surface area contributed by atoms with Crippen molar-refractivity contribution in [2.24, 2.45) is 0 Å². The number of methoxy groups -OCH3 is 1. The van der Waals surface area contributed by atoms with Crippen LogP contribution in [0.3, 0.4) is 0 Å². The number of thioether (sulfide) groups is 2. The number of hydrogen-bond acceptors (Lipinski definition) is 6. The Morgan fingerprint density at radius 1 is 1.17 bits per heavy atom. The molecular formula is C17H25N3O2S2. The van der Waals surface area contributed by atoms with E-state index < -0.39 is 0 Å². The van der Waals surface area contributed by atoms with E-state index in [1.165, 1.54) is 23.0 Å². The summed E-state index contributed by atoms with van der Waals surface area (Å²) in [5, 5.41) is 0. The molecular weight excluding hydrogens is 342 g/mol. The van der Waals surface area contributed by atoms with Gasteiger partial charge in [0.15, 0.2) is 0 Å². The van der Waals surface area contributed by atoms with E-state index in [1.807, 2.05) is 4.90 Å². The summed E-state index contributed by atoms with van der Waals surface area (Å²) in [5.74, 6) is 5.61. The summed E-state index contributed by atoms with van der Waals surface area (Å²) in [5.41, 5.74) is 0.643. The minimum absolute atomic E-state index is 0.0802. The molecule has 2 aliphatic heterocycles. The van der Waals surface area contributed by atoms with Gasteiger partial charge in [0.25, 0.3) is 5.91 Å². The molecule has 1 amide bonds. The number of hydrogen-bond donors (Lipinski definition) is 0. The fourth-order valence-corrected chi connectivity index (χ4v) is 5.76. The van der Waals surface area contributed by atoms with Crippen LogP contribution in [0.1, 0.15) is 16.8 Å². The first kappa shape index (κ1) is 17.9. The second-order valence-electron chi connectivity index (χ2n) is 6.07. The Bertz CT molecular complexity index is 533. The smallest absolute Gasteiger partial charge is 0.255 e. The monoisotopic (exact) mass is 367 g/mol. The molecule has 0 atom stereocenters. The molecule has 0 bridgehead atoms. The van der Waals surface area contributed by atoms with Crippen molar-refractivity contribution in [3.05, 3.63) is 23.9 Å². The number of pyridine rings is 1. The molecule has 2 saturated heterocycles. The zero-order valence-corrected chi connectivity index (χ0v) is 15.8. The quantitative estimate of drug-likeness (QED) is 0.815. The van der Waals surface area contributed by atoms with Crippen molar-refractivity contribution in [3.8, 4) is 5.88 Å². The van der Waals surface area contributed by atoms with Crippen molar-refractivity contribution in [1.29, 1.82) is 0 Å². The average molecular weight is 368 g/mol. The number of amides is 1. The zero-order chi connectivity index (χ0) is 16.8. The lowest BCUT2D eigenvalue weighted by molar-refractivity contribution is 0.0759. The van der Waals surface area contributed by atoms with E-state index in [4.69, 9.17) is 4.74 Å². The van der Waals surface area contributed by atoms with Crippen molar-refractivity contribution in [2.45, 2.75) is 12.5 Å². The Kier molecular flexibility index (Phi) is 6.68. The van der Waals surface area contributed by atoms with Gasteiger partial charge in [-0.25, -0.2) is 4.98 Å². The van der Waals surface area contributed by atoms with Gasteiger partial charge in [0.1, 0.15) is 0 Å². The van der Waals surface area contributed by atoms with Crippen LogP contribution in [0.4, 0.5) is 0 Å². The van der Waals surface area contributed by atoms with Crippen LogP contribution in [0.15, 0.2) is 18.3 Å². The lowest BCUT2D eigenvalue weighted by Gasteiger charge is -2.29. The Morgan fingerprint density at radius 2 is 1.96 bits per heavy atom. The predicted molar refractivity (Wildman–Crippen MR) is 101 cm³/mol. The molecule has 1 aromatic heterocycles. The van der Waals surface area contributed by atoms with Crippen LogP contribution in [0, 0.1) is 0 Å². The molecule has 0 aromatic carbocycles. The summed E-state index contributed by atoms with van der Waals surface area (Å²) in [6, 6.07) is 4.20. The summed E-state index contributed by atoms with van der Waals surface area (Å²) in [4.78, 5) is 21.4. The van der Waals surface area contributed by atoms with Gasteiger partial charge in [-0.15, -0.1) is 0 Å².